The number of aliphatic hydroxyl groups excluding tert-OH is 1. The van der Waals surface area contributed by atoms with E-state index in [1.54, 1.807) is 0 Å². The molecule has 0 saturated carbocycles. The number of fused-ring (bicyclic) bond motifs is 2. The van der Waals surface area contributed by atoms with Gasteiger partial charge in [-0.25, -0.2) is 0 Å². The van der Waals surface area contributed by atoms with Gasteiger partial charge in [-0.2, -0.15) is 0 Å². The molecule has 0 radical (unpaired) electrons. The molecule has 106 valence electrons. The number of hydrogen-bond acceptors (Lipinski definition) is 1. The van der Waals surface area contributed by atoms with Gasteiger partial charge in [0.15, 0.2) is 0 Å². The third kappa shape index (κ3) is 2.98. The maximum Gasteiger partial charge on any atom is 0.0682 e. The quantitative estimate of drug-likeness (QED) is 0.481. The van der Waals surface area contributed by atoms with E-state index in [-0.39, 0.29) is 6.61 Å². The average molecular weight is 278 g/mol. The molecule has 0 spiro atoms. The Kier molecular flexibility index (Phi) is 3.75. The number of nitrogens with one attached hydrogen (secondary N) is 2. The second kappa shape index (κ2) is 5.85. The van der Waals surface area contributed by atoms with Crippen LogP contribution in [0.4, 0.5) is 0 Å². The highest BCUT2D eigenvalue weighted by molar-refractivity contribution is 5.80. The minimum absolute atomic E-state index is 0.106. The molecule has 3 nitrogen and oxygen atoms in total. The molecule has 2 heterocycles. The van der Waals surface area contributed by atoms with Gasteiger partial charge in [-0.05, 0) is 53.1 Å². The van der Waals surface area contributed by atoms with Crippen LogP contribution < -0.4 is 0 Å². The number of hydrogen-bond donors (Lipinski definition) is 3. The van der Waals surface area contributed by atoms with E-state index >= 15 is 0 Å². The molecule has 0 amide bonds. The van der Waals surface area contributed by atoms with Gasteiger partial charge in [-0.3, -0.25) is 0 Å². The van der Waals surface area contributed by atoms with Gasteiger partial charge in [0.2, 0.25) is 0 Å². The number of aryl methyl sites for hydroxylation is 1. The zero-order valence-corrected chi connectivity index (χ0v) is 11.9. The Labute approximate surface area is 123 Å². The maximum atomic E-state index is 8.82. The van der Waals surface area contributed by atoms with Crippen molar-refractivity contribution < 1.29 is 5.11 Å². The van der Waals surface area contributed by atoms with Gasteiger partial charge in [0.05, 0.1) is 6.61 Å². The molecule has 3 heteroatoms. The first-order valence-corrected chi connectivity index (χ1v) is 6.97. The Bertz CT molecular complexity index is 858. The summed E-state index contributed by atoms with van der Waals surface area (Å²) in [6.07, 6.45) is 3.86. The molecular formula is C18H18N2O. The largest absolute Gasteiger partial charge is 0.392 e. The lowest BCUT2D eigenvalue weighted by Gasteiger charge is -1.94. The van der Waals surface area contributed by atoms with E-state index in [0.717, 1.165) is 11.1 Å². The van der Waals surface area contributed by atoms with Crippen LogP contribution in [0, 0.1) is 6.92 Å². The minimum Gasteiger partial charge on any atom is -0.392 e. The van der Waals surface area contributed by atoms with Crippen LogP contribution in [0.2, 0.25) is 0 Å². The number of rotatable bonds is 1. The Morgan fingerprint density at radius 2 is 1.43 bits per heavy atom. The summed E-state index contributed by atoms with van der Waals surface area (Å²) >= 11 is 0. The molecule has 0 fully saturated rings. The normalized spacial score (nSPS) is 10.6. The van der Waals surface area contributed by atoms with Crippen molar-refractivity contribution >= 4 is 21.8 Å². The fourth-order valence-corrected chi connectivity index (χ4v) is 2.36. The van der Waals surface area contributed by atoms with Crippen LogP contribution in [-0.4, -0.2) is 15.1 Å². The second-order valence-electron chi connectivity index (χ2n) is 5.13. The average Bonchev–Trinajstić information content (AvgIpc) is 3.15. The summed E-state index contributed by atoms with van der Waals surface area (Å²) in [5.41, 5.74) is 4.55. The van der Waals surface area contributed by atoms with Crippen molar-refractivity contribution in [3.8, 4) is 0 Å². The maximum absolute atomic E-state index is 8.82. The van der Waals surface area contributed by atoms with Crippen molar-refractivity contribution in [2.24, 2.45) is 0 Å². The molecule has 0 bridgehead atoms. The van der Waals surface area contributed by atoms with E-state index in [1.807, 2.05) is 36.7 Å². The lowest BCUT2D eigenvalue weighted by Crippen LogP contribution is -1.80. The number of aromatic amines is 2. The summed E-state index contributed by atoms with van der Waals surface area (Å²) in [5.74, 6) is 0. The number of benzene rings is 2. The Balaban J connectivity index is 0.000000126. The van der Waals surface area contributed by atoms with E-state index < -0.39 is 0 Å². The van der Waals surface area contributed by atoms with Crippen LogP contribution in [0.1, 0.15) is 11.1 Å². The molecule has 3 N–H and O–H groups in total. The first-order chi connectivity index (χ1) is 10.3. The lowest BCUT2D eigenvalue weighted by atomic mass is 10.2. The molecule has 2 aromatic heterocycles. The number of aliphatic hydroxyl groups is 1. The molecule has 0 atom stereocenters. The van der Waals surface area contributed by atoms with Crippen molar-refractivity contribution in [2.45, 2.75) is 13.5 Å². The van der Waals surface area contributed by atoms with E-state index in [2.05, 4.69) is 41.2 Å². The Morgan fingerprint density at radius 1 is 0.810 bits per heavy atom. The number of aromatic nitrogens is 2. The standard InChI is InChI=1S/C9H9NO.C9H9N/c11-6-7-1-2-8-3-4-10-9(8)5-7;1-7-2-3-8-4-5-10-9(8)6-7/h1-5,10-11H,6H2;2-6,10H,1H3. The predicted octanol–water partition coefficient (Wildman–Crippen LogP) is 4.14. The molecule has 0 saturated heterocycles. The van der Waals surface area contributed by atoms with E-state index in [1.165, 1.54) is 21.9 Å². The third-order valence-electron chi connectivity index (χ3n) is 3.51. The van der Waals surface area contributed by atoms with E-state index in [9.17, 15) is 0 Å². The highest BCUT2D eigenvalue weighted by atomic mass is 16.3. The Hall–Kier alpha value is -2.52. The van der Waals surface area contributed by atoms with Gasteiger partial charge in [0.1, 0.15) is 0 Å². The molecule has 0 aliphatic heterocycles. The van der Waals surface area contributed by atoms with Crippen LogP contribution in [0.15, 0.2) is 60.9 Å². The van der Waals surface area contributed by atoms with Crippen molar-refractivity contribution in [1.29, 1.82) is 0 Å². The molecule has 0 aliphatic carbocycles. The monoisotopic (exact) mass is 278 g/mol. The Morgan fingerprint density at radius 3 is 2.10 bits per heavy atom. The van der Waals surface area contributed by atoms with Crippen molar-refractivity contribution in [3.63, 3.8) is 0 Å². The third-order valence-corrected chi connectivity index (χ3v) is 3.51. The first kappa shape index (κ1) is 13.5. The molecule has 21 heavy (non-hydrogen) atoms. The summed E-state index contributed by atoms with van der Waals surface area (Å²) in [5, 5.41) is 11.3. The van der Waals surface area contributed by atoms with E-state index in [0.29, 0.717) is 0 Å². The molecule has 0 aliphatic rings. The zero-order valence-electron chi connectivity index (χ0n) is 11.9. The highest BCUT2D eigenvalue weighted by Crippen LogP contribution is 2.14. The van der Waals surface area contributed by atoms with E-state index in [4.69, 9.17) is 5.11 Å². The van der Waals surface area contributed by atoms with Gasteiger partial charge in [0.25, 0.3) is 0 Å². The van der Waals surface area contributed by atoms with Crippen molar-refractivity contribution in [3.05, 3.63) is 72.1 Å². The minimum atomic E-state index is 0.106. The zero-order chi connectivity index (χ0) is 14.7. The summed E-state index contributed by atoms with van der Waals surface area (Å²) < 4.78 is 0. The fraction of sp³-hybridized carbons (Fsp3) is 0.111. The summed E-state index contributed by atoms with van der Waals surface area (Å²) in [7, 11) is 0. The molecule has 4 rings (SSSR count). The summed E-state index contributed by atoms with van der Waals surface area (Å²) in [6, 6.07) is 16.4. The lowest BCUT2D eigenvalue weighted by molar-refractivity contribution is 0.282. The summed E-state index contributed by atoms with van der Waals surface area (Å²) in [4.78, 5) is 6.24. The fourth-order valence-electron chi connectivity index (χ4n) is 2.36. The van der Waals surface area contributed by atoms with Gasteiger partial charge < -0.3 is 15.1 Å². The van der Waals surface area contributed by atoms with Gasteiger partial charge in [0, 0.05) is 23.4 Å². The summed E-state index contributed by atoms with van der Waals surface area (Å²) in [6.45, 7) is 2.20. The van der Waals surface area contributed by atoms with Crippen LogP contribution >= 0.6 is 0 Å². The molecule has 4 aromatic rings. The predicted molar refractivity (Wildman–Crippen MR) is 87.3 cm³/mol. The second-order valence-corrected chi connectivity index (χ2v) is 5.13. The SMILES string of the molecule is Cc1ccc2cc[nH]c2c1.OCc1ccc2cc[nH]c2c1. The van der Waals surface area contributed by atoms with Gasteiger partial charge in [-0.15, -0.1) is 0 Å². The first-order valence-electron chi connectivity index (χ1n) is 6.97. The van der Waals surface area contributed by atoms with Crippen LogP contribution in [0.3, 0.4) is 0 Å². The smallest absolute Gasteiger partial charge is 0.0682 e. The molecule has 2 aromatic carbocycles. The van der Waals surface area contributed by atoms with Crippen molar-refractivity contribution in [1.82, 2.24) is 9.97 Å². The van der Waals surface area contributed by atoms with Gasteiger partial charge >= 0.3 is 0 Å². The topological polar surface area (TPSA) is 51.8 Å². The molecule has 0 unspecified atom stereocenters. The molecular weight excluding hydrogens is 260 g/mol. The number of H-pyrrole nitrogens is 2. The van der Waals surface area contributed by atoms with Crippen molar-refractivity contribution in [2.75, 3.05) is 0 Å². The highest BCUT2D eigenvalue weighted by Gasteiger charge is 1.94. The van der Waals surface area contributed by atoms with Crippen LogP contribution in [-0.2, 0) is 6.61 Å². The van der Waals surface area contributed by atoms with Crippen LogP contribution in [0.25, 0.3) is 21.8 Å². The van der Waals surface area contributed by atoms with Gasteiger partial charge in [-0.1, -0.05) is 24.3 Å². The van der Waals surface area contributed by atoms with Crippen LogP contribution in [0.5, 0.6) is 0 Å².